The number of aromatic hydroxyl groups is 1. The van der Waals surface area contributed by atoms with Crippen molar-refractivity contribution in [3.05, 3.63) is 57.5 Å². The van der Waals surface area contributed by atoms with Gasteiger partial charge in [-0.05, 0) is 30.7 Å². The number of pyridine rings is 1. The van der Waals surface area contributed by atoms with Crippen LogP contribution in [-0.2, 0) is 0 Å². The molecule has 1 aromatic heterocycles. The van der Waals surface area contributed by atoms with E-state index in [0.29, 0.717) is 11.3 Å². The van der Waals surface area contributed by atoms with E-state index in [1.807, 2.05) is 0 Å². The van der Waals surface area contributed by atoms with Gasteiger partial charge in [0.15, 0.2) is 0 Å². The maximum absolute atomic E-state index is 11.6. The highest BCUT2D eigenvalue weighted by Gasteiger charge is 2.09. The van der Waals surface area contributed by atoms with Gasteiger partial charge in [-0.2, -0.15) is 0 Å². The van der Waals surface area contributed by atoms with Gasteiger partial charge in [0, 0.05) is 12.3 Å². The number of aromatic nitrogens is 1. The molecule has 0 aliphatic rings. The first-order chi connectivity index (χ1) is 7.61. The van der Waals surface area contributed by atoms with E-state index in [1.54, 1.807) is 31.3 Å². The van der Waals surface area contributed by atoms with Gasteiger partial charge < -0.3 is 5.11 Å². The molecule has 0 amide bonds. The van der Waals surface area contributed by atoms with Crippen molar-refractivity contribution >= 4 is 11.6 Å². The van der Waals surface area contributed by atoms with Crippen LogP contribution in [-0.4, -0.2) is 9.67 Å². The van der Waals surface area contributed by atoms with Crippen LogP contribution in [0.5, 0.6) is 5.75 Å². The summed E-state index contributed by atoms with van der Waals surface area (Å²) in [7, 11) is 0. The zero-order valence-electron chi connectivity index (χ0n) is 8.64. The second-order valence-electron chi connectivity index (χ2n) is 3.45. The zero-order chi connectivity index (χ0) is 11.7. The third-order valence-corrected chi connectivity index (χ3v) is 2.90. The fraction of sp³-hybridized carbons (Fsp3) is 0.0833. The Morgan fingerprint density at radius 3 is 2.69 bits per heavy atom. The van der Waals surface area contributed by atoms with E-state index < -0.39 is 0 Å². The SMILES string of the molecule is Cc1c(-n2ccccc2=O)ccc(O)c1Cl. The first-order valence-electron chi connectivity index (χ1n) is 4.77. The average molecular weight is 236 g/mol. The molecule has 0 saturated heterocycles. The molecule has 1 heterocycles. The molecule has 2 rings (SSSR count). The molecule has 1 N–H and O–H groups in total. The third kappa shape index (κ3) is 1.70. The second-order valence-corrected chi connectivity index (χ2v) is 3.83. The molecule has 3 nitrogen and oxygen atoms in total. The minimum absolute atomic E-state index is 0.0203. The fourth-order valence-electron chi connectivity index (χ4n) is 1.55. The average Bonchev–Trinajstić information content (AvgIpc) is 2.28. The lowest BCUT2D eigenvalue weighted by Gasteiger charge is -2.10. The lowest BCUT2D eigenvalue weighted by molar-refractivity contribution is 0.475. The fourth-order valence-corrected chi connectivity index (χ4v) is 1.71. The highest BCUT2D eigenvalue weighted by atomic mass is 35.5. The number of phenols is 1. The summed E-state index contributed by atoms with van der Waals surface area (Å²) in [5.74, 6) is 0.0203. The minimum Gasteiger partial charge on any atom is -0.506 e. The number of rotatable bonds is 1. The highest BCUT2D eigenvalue weighted by molar-refractivity contribution is 6.33. The van der Waals surface area contributed by atoms with Crippen LogP contribution in [0.3, 0.4) is 0 Å². The van der Waals surface area contributed by atoms with Crippen LogP contribution < -0.4 is 5.56 Å². The van der Waals surface area contributed by atoms with Crippen LogP contribution in [0.1, 0.15) is 5.56 Å². The smallest absolute Gasteiger partial charge is 0.255 e. The van der Waals surface area contributed by atoms with E-state index in [-0.39, 0.29) is 16.3 Å². The van der Waals surface area contributed by atoms with Crippen LogP contribution in [0.25, 0.3) is 5.69 Å². The van der Waals surface area contributed by atoms with Crippen LogP contribution in [0.2, 0.25) is 5.02 Å². The zero-order valence-corrected chi connectivity index (χ0v) is 9.40. The molecule has 0 radical (unpaired) electrons. The van der Waals surface area contributed by atoms with Gasteiger partial charge in [0.2, 0.25) is 0 Å². The standard InChI is InChI=1S/C12H10ClNO2/c1-8-9(5-6-10(15)12(8)13)14-7-3-2-4-11(14)16/h2-7,15H,1H3. The van der Waals surface area contributed by atoms with Crippen molar-refractivity contribution in [1.82, 2.24) is 4.57 Å². The maximum Gasteiger partial charge on any atom is 0.255 e. The Kier molecular flexibility index (Phi) is 2.71. The van der Waals surface area contributed by atoms with Crippen molar-refractivity contribution in [2.24, 2.45) is 0 Å². The van der Waals surface area contributed by atoms with Gasteiger partial charge in [0.1, 0.15) is 5.75 Å². The summed E-state index contributed by atoms with van der Waals surface area (Å²) in [6.07, 6.45) is 1.66. The van der Waals surface area contributed by atoms with Crippen LogP contribution in [0.15, 0.2) is 41.3 Å². The first-order valence-corrected chi connectivity index (χ1v) is 5.15. The predicted molar refractivity (Wildman–Crippen MR) is 63.5 cm³/mol. The molecule has 0 unspecified atom stereocenters. The van der Waals surface area contributed by atoms with E-state index in [0.717, 1.165) is 0 Å². The summed E-state index contributed by atoms with van der Waals surface area (Å²) in [5.41, 5.74) is 1.22. The first kappa shape index (κ1) is 10.8. The van der Waals surface area contributed by atoms with E-state index in [4.69, 9.17) is 11.6 Å². The Morgan fingerprint density at radius 2 is 2.00 bits per heavy atom. The Labute approximate surface area is 97.5 Å². The van der Waals surface area contributed by atoms with Gasteiger partial charge in [-0.15, -0.1) is 0 Å². The monoisotopic (exact) mass is 235 g/mol. The van der Waals surface area contributed by atoms with E-state index >= 15 is 0 Å². The molecule has 0 atom stereocenters. The van der Waals surface area contributed by atoms with Gasteiger partial charge in [0.25, 0.3) is 5.56 Å². The molecule has 16 heavy (non-hydrogen) atoms. The second kappa shape index (κ2) is 4.02. The van der Waals surface area contributed by atoms with Gasteiger partial charge in [-0.3, -0.25) is 9.36 Å². The van der Waals surface area contributed by atoms with E-state index in [1.165, 1.54) is 16.7 Å². The normalized spacial score (nSPS) is 10.4. The van der Waals surface area contributed by atoms with E-state index in [2.05, 4.69) is 0 Å². The molecule has 0 saturated carbocycles. The Bertz CT molecular complexity index is 590. The quantitative estimate of drug-likeness (QED) is 0.825. The number of benzene rings is 1. The van der Waals surface area contributed by atoms with Crippen molar-refractivity contribution in [2.75, 3.05) is 0 Å². The molecule has 1 aromatic carbocycles. The number of nitrogens with zero attached hydrogens (tertiary/aromatic N) is 1. The summed E-state index contributed by atoms with van der Waals surface area (Å²) in [5, 5.41) is 9.69. The van der Waals surface area contributed by atoms with Crippen LogP contribution in [0.4, 0.5) is 0 Å². The Hall–Kier alpha value is -1.74. The summed E-state index contributed by atoms with van der Waals surface area (Å²) in [4.78, 5) is 11.6. The third-order valence-electron chi connectivity index (χ3n) is 2.42. The molecule has 82 valence electrons. The number of hydrogen-bond donors (Lipinski definition) is 1. The molecular formula is C12H10ClNO2. The maximum atomic E-state index is 11.6. The Morgan fingerprint density at radius 1 is 1.25 bits per heavy atom. The molecule has 0 spiro atoms. The van der Waals surface area contributed by atoms with Crippen molar-refractivity contribution in [3.63, 3.8) is 0 Å². The van der Waals surface area contributed by atoms with Crippen molar-refractivity contribution in [1.29, 1.82) is 0 Å². The lowest BCUT2D eigenvalue weighted by atomic mass is 10.2. The summed E-state index contributed by atoms with van der Waals surface area (Å²) >= 11 is 5.92. The molecule has 0 aliphatic heterocycles. The van der Waals surface area contributed by atoms with Gasteiger partial charge in [-0.1, -0.05) is 17.7 Å². The molecule has 4 heteroatoms. The lowest BCUT2D eigenvalue weighted by Crippen LogP contribution is -2.16. The topological polar surface area (TPSA) is 42.2 Å². The van der Waals surface area contributed by atoms with Gasteiger partial charge >= 0.3 is 0 Å². The van der Waals surface area contributed by atoms with Gasteiger partial charge in [0.05, 0.1) is 10.7 Å². The molecule has 2 aromatic rings. The summed E-state index contributed by atoms with van der Waals surface area (Å²) in [6, 6.07) is 8.06. The number of halogens is 1. The largest absolute Gasteiger partial charge is 0.506 e. The van der Waals surface area contributed by atoms with Crippen molar-refractivity contribution < 1.29 is 5.11 Å². The van der Waals surface area contributed by atoms with Crippen LogP contribution >= 0.6 is 11.6 Å². The Balaban J connectivity index is 2.71. The van der Waals surface area contributed by atoms with E-state index in [9.17, 15) is 9.90 Å². The molecule has 0 aliphatic carbocycles. The van der Waals surface area contributed by atoms with Crippen molar-refractivity contribution in [3.8, 4) is 11.4 Å². The molecule has 0 bridgehead atoms. The molecular weight excluding hydrogens is 226 g/mol. The highest BCUT2D eigenvalue weighted by Crippen LogP contribution is 2.30. The number of phenolic OH excluding ortho intramolecular Hbond substituents is 1. The van der Waals surface area contributed by atoms with Crippen molar-refractivity contribution in [2.45, 2.75) is 6.92 Å². The predicted octanol–water partition coefficient (Wildman–Crippen LogP) is 2.50. The minimum atomic E-state index is -0.132. The number of hydrogen-bond acceptors (Lipinski definition) is 2. The van der Waals surface area contributed by atoms with Gasteiger partial charge in [-0.25, -0.2) is 0 Å². The molecule has 0 fully saturated rings. The van der Waals surface area contributed by atoms with Crippen LogP contribution in [0, 0.1) is 6.92 Å². The summed E-state index contributed by atoms with van der Waals surface area (Å²) in [6.45, 7) is 1.76. The summed E-state index contributed by atoms with van der Waals surface area (Å²) < 4.78 is 1.49.